The molecule has 1 atom stereocenters. The van der Waals surface area contributed by atoms with Gasteiger partial charge in [0.1, 0.15) is 0 Å². The summed E-state index contributed by atoms with van der Waals surface area (Å²) in [5.41, 5.74) is 5.88. The number of likely N-dealkylation sites (N-methyl/N-ethyl adjacent to an activating group) is 1. The first-order valence-electron chi connectivity index (χ1n) is 6.85. The summed E-state index contributed by atoms with van der Waals surface area (Å²) in [6, 6.07) is 0.598. The molecule has 5 nitrogen and oxygen atoms in total. The first-order valence-corrected chi connectivity index (χ1v) is 8.67. The van der Waals surface area contributed by atoms with Crippen LogP contribution in [-0.2, 0) is 9.84 Å². The van der Waals surface area contributed by atoms with Crippen molar-refractivity contribution >= 4 is 9.84 Å². The summed E-state index contributed by atoms with van der Waals surface area (Å²) in [5.74, 6) is 0.703. The molecule has 18 heavy (non-hydrogen) atoms. The second-order valence-corrected chi connectivity index (χ2v) is 7.95. The van der Waals surface area contributed by atoms with Gasteiger partial charge in [-0.3, -0.25) is 0 Å². The third kappa shape index (κ3) is 3.91. The molecule has 0 aliphatic carbocycles. The number of nitrogens with two attached hydrogens (primary N) is 1. The highest BCUT2D eigenvalue weighted by Gasteiger charge is 2.30. The molecule has 2 saturated heterocycles. The summed E-state index contributed by atoms with van der Waals surface area (Å²) in [6.07, 6.45) is 2.97. The van der Waals surface area contributed by atoms with Crippen LogP contribution < -0.4 is 5.73 Å². The number of sulfone groups is 1. The van der Waals surface area contributed by atoms with Gasteiger partial charge in [0.15, 0.2) is 9.84 Å². The van der Waals surface area contributed by atoms with E-state index in [9.17, 15) is 8.42 Å². The van der Waals surface area contributed by atoms with Crippen LogP contribution in [0.2, 0.25) is 0 Å². The number of piperidine rings is 1. The van der Waals surface area contributed by atoms with Crippen LogP contribution in [0.3, 0.4) is 0 Å². The van der Waals surface area contributed by atoms with E-state index in [4.69, 9.17) is 5.73 Å². The fourth-order valence-electron chi connectivity index (χ4n) is 2.78. The molecular formula is C12H25N3O2S. The van der Waals surface area contributed by atoms with Crippen molar-refractivity contribution in [3.8, 4) is 0 Å². The molecule has 0 amide bonds. The van der Waals surface area contributed by atoms with Crippen molar-refractivity contribution in [3.63, 3.8) is 0 Å². The Balaban J connectivity index is 1.70. The second kappa shape index (κ2) is 5.86. The summed E-state index contributed by atoms with van der Waals surface area (Å²) in [4.78, 5) is 4.64. The second-order valence-electron chi connectivity index (χ2n) is 5.72. The van der Waals surface area contributed by atoms with Gasteiger partial charge in [-0.25, -0.2) is 8.42 Å². The fourth-order valence-corrected chi connectivity index (χ4v) is 4.59. The van der Waals surface area contributed by atoms with Crippen LogP contribution in [-0.4, -0.2) is 75.0 Å². The average molecular weight is 275 g/mol. The maximum atomic E-state index is 11.4. The summed E-state index contributed by atoms with van der Waals surface area (Å²) in [5, 5.41) is 0. The largest absolute Gasteiger partial charge is 0.328 e. The van der Waals surface area contributed by atoms with E-state index in [1.54, 1.807) is 0 Å². The molecule has 2 fully saturated rings. The molecule has 0 saturated carbocycles. The molecule has 0 aromatic rings. The number of rotatable bonds is 4. The standard InChI is InChI=1S/C12H25N3O2S/c1-14(12-4-9-18(16,17)10-12)7-8-15-5-2-11(13)3-6-15/h11-12H,2-10,13H2,1H3. The van der Waals surface area contributed by atoms with E-state index in [1.165, 1.54) is 0 Å². The van der Waals surface area contributed by atoms with Gasteiger partial charge in [0.25, 0.3) is 0 Å². The Kier molecular flexibility index (Phi) is 4.64. The highest BCUT2D eigenvalue weighted by Crippen LogP contribution is 2.16. The molecule has 2 heterocycles. The zero-order valence-electron chi connectivity index (χ0n) is 11.2. The van der Waals surface area contributed by atoms with E-state index < -0.39 is 9.84 Å². The Morgan fingerprint density at radius 1 is 1.28 bits per heavy atom. The molecule has 0 aromatic carbocycles. The molecule has 1 unspecified atom stereocenters. The number of hydrogen-bond acceptors (Lipinski definition) is 5. The molecule has 0 bridgehead atoms. The first-order chi connectivity index (χ1) is 8.46. The van der Waals surface area contributed by atoms with Crippen LogP contribution in [0.25, 0.3) is 0 Å². The topological polar surface area (TPSA) is 66.6 Å². The lowest BCUT2D eigenvalue weighted by Crippen LogP contribution is -2.44. The van der Waals surface area contributed by atoms with Gasteiger partial charge >= 0.3 is 0 Å². The third-order valence-electron chi connectivity index (χ3n) is 4.23. The molecule has 2 rings (SSSR count). The average Bonchev–Trinajstić information content (AvgIpc) is 2.69. The van der Waals surface area contributed by atoms with Crippen LogP contribution in [0.1, 0.15) is 19.3 Å². The molecule has 0 spiro atoms. The quantitative estimate of drug-likeness (QED) is 0.751. The SMILES string of the molecule is CN(CCN1CCC(N)CC1)C1CCS(=O)(=O)C1. The fraction of sp³-hybridized carbons (Fsp3) is 1.00. The van der Waals surface area contributed by atoms with E-state index in [2.05, 4.69) is 9.80 Å². The Morgan fingerprint density at radius 2 is 1.94 bits per heavy atom. The first kappa shape index (κ1) is 14.2. The minimum Gasteiger partial charge on any atom is -0.328 e. The highest BCUT2D eigenvalue weighted by atomic mass is 32.2. The van der Waals surface area contributed by atoms with Gasteiger partial charge in [-0.15, -0.1) is 0 Å². The molecule has 2 aliphatic rings. The lowest BCUT2D eigenvalue weighted by Gasteiger charge is -2.32. The Bertz CT molecular complexity index is 364. The monoisotopic (exact) mass is 275 g/mol. The van der Waals surface area contributed by atoms with Crippen LogP contribution in [0.15, 0.2) is 0 Å². The van der Waals surface area contributed by atoms with E-state index in [-0.39, 0.29) is 6.04 Å². The summed E-state index contributed by atoms with van der Waals surface area (Å²) >= 11 is 0. The van der Waals surface area contributed by atoms with Crippen LogP contribution in [0.5, 0.6) is 0 Å². The van der Waals surface area contributed by atoms with Crippen molar-refractivity contribution < 1.29 is 8.42 Å². The molecule has 106 valence electrons. The third-order valence-corrected chi connectivity index (χ3v) is 5.98. The van der Waals surface area contributed by atoms with Crippen molar-refractivity contribution in [2.45, 2.75) is 31.3 Å². The van der Waals surface area contributed by atoms with Gasteiger partial charge in [0.2, 0.25) is 0 Å². The predicted molar refractivity (Wildman–Crippen MR) is 73.3 cm³/mol. The van der Waals surface area contributed by atoms with E-state index in [0.29, 0.717) is 17.5 Å². The number of nitrogens with zero attached hydrogens (tertiary/aromatic N) is 2. The highest BCUT2D eigenvalue weighted by molar-refractivity contribution is 7.91. The number of likely N-dealkylation sites (tertiary alicyclic amines) is 1. The Morgan fingerprint density at radius 3 is 2.50 bits per heavy atom. The van der Waals surface area contributed by atoms with Gasteiger partial charge in [-0.05, 0) is 39.4 Å². The Labute approximate surface area is 110 Å². The molecule has 0 radical (unpaired) electrons. The minimum atomic E-state index is -2.76. The Hall–Kier alpha value is -0.170. The zero-order valence-corrected chi connectivity index (χ0v) is 12.0. The lowest BCUT2D eigenvalue weighted by molar-refractivity contribution is 0.170. The van der Waals surface area contributed by atoms with Crippen molar-refractivity contribution in [1.82, 2.24) is 9.80 Å². The maximum absolute atomic E-state index is 11.4. The van der Waals surface area contributed by atoms with E-state index >= 15 is 0 Å². The van der Waals surface area contributed by atoms with Gasteiger partial charge in [-0.1, -0.05) is 0 Å². The summed E-state index contributed by atoms with van der Waals surface area (Å²) in [7, 11) is -0.720. The van der Waals surface area contributed by atoms with Crippen LogP contribution in [0, 0.1) is 0 Å². The maximum Gasteiger partial charge on any atom is 0.151 e. The molecule has 2 aliphatic heterocycles. The van der Waals surface area contributed by atoms with Crippen LogP contribution >= 0.6 is 0 Å². The lowest BCUT2D eigenvalue weighted by atomic mass is 10.1. The van der Waals surface area contributed by atoms with E-state index in [0.717, 1.165) is 45.4 Å². The van der Waals surface area contributed by atoms with Crippen molar-refractivity contribution in [3.05, 3.63) is 0 Å². The molecular weight excluding hydrogens is 250 g/mol. The minimum absolute atomic E-state index is 0.224. The molecule has 6 heteroatoms. The summed E-state index contributed by atoms with van der Waals surface area (Å²) in [6.45, 7) is 4.14. The van der Waals surface area contributed by atoms with Gasteiger partial charge in [-0.2, -0.15) is 0 Å². The van der Waals surface area contributed by atoms with Gasteiger partial charge in [0.05, 0.1) is 11.5 Å². The van der Waals surface area contributed by atoms with Crippen LogP contribution in [0.4, 0.5) is 0 Å². The normalized spacial score (nSPS) is 30.1. The van der Waals surface area contributed by atoms with E-state index in [1.807, 2.05) is 7.05 Å². The van der Waals surface area contributed by atoms with Gasteiger partial charge in [0, 0.05) is 25.2 Å². The van der Waals surface area contributed by atoms with Crippen molar-refractivity contribution in [1.29, 1.82) is 0 Å². The van der Waals surface area contributed by atoms with Crippen molar-refractivity contribution in [2.75, 3.05) is 44.7 Å². The smallest absolute Gasteiger partial charge is 0.151 e. The predicted octanol–water partition coefficient (Wildman–Crippen LogP) is -0.472. The zero-order chi connectivity index (χ0) is 13.2. The van der Waals surface area contributed by atoms with Gasteiger partial charge < -0.3 is 15.5 Å². The molecule has 0 aromatic heterocycles. The number of hydrogen-bond donors (Lipinski definition) is 1. The van der Waals surface area contributed by atoms with Crippen molar-refractivity contribution in [2.24, 2.45) is 5.73 Å². The summed E-state index contributed by atoms with van der Waals surface area (Å²) < 4.78 is 22.9. The molecule has 2 N–H and O–H groups in total.